The first-order valence-corrected chi connectivity index (χ1v) is 13.5. The Hall–Kier alpha value is -4.57. The molecule has 1 unspecified atom stereocenters. The van der Waals surface area contributed by atoms with E-state index in [2.05, 4.69) is 30.8 Å². The van der Waals surface area contributed by atoms with Gasteiger partial charge >= 0.3 is 0 Å². The lowest BCUT2D eigenvalue weighted by Gasteiger charge is -2.21. The number of nitrogens with zero attached hydrogens (tertiary/aromatic N) is 6. The van der Waals surface area contributed by atoms with Crippen LogP contribution >= 0.6 is 11.6 Å². The van der Waals surface area contributed by atoms with Gasteiger partial charge in [0.1, 0.15) is 12.1 Å². The molecule has 0 radical (unpaired) electrons. The largest absolute Gasteiger partial charge is 0.325 e. The fourth-order valence-corrected chi connectivity index (χ4v) is 5.35. The van der Waals surface area contributed by atoms with Gasteiger partial charge in [-0.25, -0.2) is 8.78 Å². The standard InChI is InChI=1S/C30H24ClF2N7O/c1-17-6-9-25-21(12-17)26-13-20(23(32)15-35-26)19(4-2-3-5-28(41)37-25)24-10-7-18(14-34-24)29-27(40-16-36-38-39-40)11-8-22(31)30(29)33/h6-16,19H,2-5H2,1H3,(H,37,41). The van der Waals surface area contributed by atoms with Gasteiger partial charge < -0.3 is 5.32 Å². The second kappa shape index (κ2) is 11.1. The number of hydrogen-bond donors (Lipinski definition) is 1. The number of pyridine rings is 2. The highest BCUT2D eigenvalue weighted by atomic mass is 35.5. The Labute approximate surface area is 239 Å². The van der Waals surface area contributed by atoms with Crippen molar-refractivity contribution < 1.29 is 13.6 Å². The van der Waals surface area contributed by atoms with Crippen LogP contribution in [0, 0.1) is 18.6 Å². The molecule has 11 heteroatoms. The van der Waals surface area contributed by atoms with Crippen LogP contribution in [0.4, 0.5) is 14.5 Å². The highest BCUT2D eigenvalue weighted by molar-refractivity contribution is 6.31. The molecule has 2 aromatic carbocycles. The van der Waals surface area contributed by atoms with Gasteiger partial charge in [-0.2, -0.15) is 4.68 Å². The topological polar surface area (TPSA) is 98.5 Å². The number of anilines is 1. The lowest BCUT2D eigenvalue weighted by molar-refractivity contribution is -0.116. The van der Waals surface area contributed by atoms with E-state index in [4.69, 9.17) is 11.6 Å². The van der Waals surface area contributed by atoms with Crippen molar-refractivity contribution in [3.05, 3.63) is 101 Å². The first kappa shape index (κ1) is 26.6. The zero-order valence-corrected chi connectivity index (χ0v) is 22.7. The van der Waals surface area contributed by atoms with Crippen LogP contribution in [-0.4, -0.2) is 36.1 Å². The molecule has 41 heavy (non-hydrogen) atoms. The van der Waals surface area contributed by atoms with Crippen LogP contribution in [0.3, 0.4) is 0 Å². The molecule has 206 valence electrons. The fourth-order valence-electron chi connectivity index (χ4n) is 5.19. The number of hydrogen-bond acceptors (Lipinski definition) is 6. The van der Waals surface area contributed by atoms with Crippen molar-refractivity contribution in [3.8, 4) is 28.1 Å². The molecule has 5 aromatic rings. The predicted molar refractivity (Wildman–Crippen MR) is 151 cm³/mol. The second-order valence-electron chi connectivity index (χ2n) is 9.97. The molecular weight excluding hydrogens is 548 g/mol. The number of fused-ring (bicyclic) bond motifs is 4. The summed E-state index contributed by atoms with van der Waals surface area (Å²) in [4.78, 5) is 21.7. The van der Waals surface area contributed by atoms with E-state index in [1.165, 1.54) is 23.3 Å². The van der Waals surface area contributed by atoms with E-state index in [1.54, 1.807) is 30.5 Å². The minimum atomic E-state index is -0.628. The second-order valence-corrected chi connectivity index (χ2v) is 10.4. The Morgan fingerprint density at radius 2 is 1.90 bits per heavy atom. The van der Waals surface area contributed by atoms with Gasteiger partial charge in [-0.05, 0) is 66.6 Å². The quantitative estimate of drug-likeness (QED) is 0.260. The SMILES string of the molecule is Cc1ccc2c(c1)-c1cc(c(F)cn1)C(c1ccc(-c3c(-n4cnnn4)ccc(Cl)c3F)cn1)CCCCC(=O)N2. The molecule has 3 aromatic heterocycles. The minimum absolute atomic E-state index is 0.0499. The smallest absolute Gasteiger partial charge is 0.224 e. The first-order chi connectivity index (χ1) is 19.9. The highest BCUT2D eigenvalue weighted by Crippen LogP contribution is 2.38. The van der Waals surface area contributed by atoms with Crippen LogP contribution in [0.1, 0.15) is 48.4 Å². The summed E-state index contributed by atoms with van der Waals surface area (Å²) < 4.78 is 32.0. The maximum absolute atomic E-state index is 15.4. The van der Waals surface area contributed by atoms with Crippen molar-refractivity contribution in [2.45, 2.75) is 38.5 Å². The van der Waals surface area contributed by atoms with Crippen molar-refractivity contribution in [1.29, 1.82) is 0 Å². The lowest BCUT2D eigenvalue weighted by atomic mass is 9.88. The molecule has 8 nitrogen and oxygen atoms in total. The Kier molecular flexibility index (Phi) is 7.23. The third kappa shape index (κ3) is 5.30. The summed E-state index contributed by atoms with van der Waals surface area (Å²) in [5.41, 5.74) is 5.01. The van der Waals surface area contributed by atoms with Gasteiger partial charge in [-0.15, -0.1) is 5.10 Å². The molecule has 1 aliphatic rings. The number of benzene rings is 2. The number of carbonyl (C=O) groups is 1. The van der Waals surface area contributed by atoms with Gasteiger partial charge in [-0.3, -0.25) is 14.8 Å². The molecule has 0 aliphatic carbocycles. The molecule has 0 spiro atoms. The molecule has 1 atom stereocenters. The van der Waals surface area contributed by atoms with Crippen molar-refractivity contribution in [2.24, 2.45) is 0 Å². The molecular formula is C30H24ClF2N7O. The number of amides is 1. The van der Waals surface area contributed by atoms with Crippen LogP contribution in [-0.2, 0) is 4.79 Å². The maximum atomic E-state index is 15.4. The number of halogens is 3. The predicted octanol–water partition coefficient (Wildman–Crippen LogP) is 6.67. The van der Waals surface area contributed by atoms with Crippen LogP contribution in [0.5, 0.6) is 0 Å². The van der Waals surface area contributed by atoms with E-state index < -0.39 is 17.6 Å². The number of nitrogens with one attached hydrogen (secondary N) is 1. The average molecular weight is 572 g/mol. The van der Waals surface area contributed by atoms with Gasteiger partial charge in [0, 0.05) is 46.5 Å². The van der Waals surface area contributed by atoms with Crippen LogP contribution in [0.25, 0.3) is 28.1 Å². The molecule has 2 bridgehead atoms. The molecule has 4 heterocycles. The van der Waals surface area contributed by atoms with E-state index in [0.29, 0.717) is 65.1 Å². The summed E-state index contributed by atoms with van der Waals surface area (Å²) in [6, 6.07) is 14.0. The maximum Gasteiger partial charge on any atom is 0.224 e. The van der Waals surface area contributed by atoms with Gasteiger partial charge in [0.05, 0.1) is 28.3 Å². The van der Waals surface area contributed by atoms with E-state index >= 15 is 8.78 Å². The lowest BCUT2D eigenvalue weighted by Crippen LogP contribution is -2.14. The molecule has 1 N–H and O–H groups in total. The van der Waals surface area contributed by atoms with Gasteiger partial charge in [0.15, 0.2) is 5.82 Å². The summed E-state index contributed by atoms with van der Waals surface area (Å²) in [6.45, 7) is 1.95. The number of tetrazole rings is 1. The monoisotopic (exact) mass is 571 g/mol. The Bertz CT molecular complexity index is 1740. The minimum Gasteiger partial charge on any atom is -0.325 e. The molecule has 0 fully saturated rings. The van der Waals surface area contributed by atoms with Gasteiger partial charge in [0.2, 0.25) is 5.91 Å². The van der Waals surface area contributed by atoms with Crippen molar-refractivity contribution >= 4 is 23.2 Å². The Morgan fingerprint density at radius 1 is 1.02 bits per heavy atom. The van der Waals surface area contributed by atoms with E-state index in [-0.39, 0.29) is 16.5 Å². The summed E-state index contributed by atoms with van der Waals surface area (Å²) >= 11 is 6.12. The van der Waals surface area contributed by atoms with E-state index in [0.717, 1.165) is 5.56 Å². The number of rotatable bonds is 3. The third-order valence-electron chi connectivity index (χ3n) is 7.23. The average Bonchev–Trinajstić information content (AvgIpc) is 3.51. The summed E-state index contributed by atoms with van der Waals surface area (Å²) in [5, 5.41) is 14.1. The zero-order valence-electron chi connectivity index (χ0n) is 22.0. The molecule has 1 amide bonds. The van der Waals surface area contributed by atoms with Crippen LogP contribution in [0.2, 0.25) is 5.02 Å². The van der Waals surface area contributed by atoms with E-state index in [1.807, 2.05) is 25.1 Å². The molecule has 1 aliphatic heterocycles. The molecule has 0 saturated heterocycles. The Morgan fingerprint density at radius 3 is 2.68 bits per heavy atom. The Balaban J connectivity index is 1.44. The van der Waals surface area contributed by atoms with Crippen molar-refractivity contribution in [3.63, 3.8) is 0 Å². The summed E-state index contributed by atoms with van der Waals surface area (Å²) in [5.74, 6) is -1.57. The molecule has 6 rings (SSSR count). The van der Waals surface area contributed by atoms with Gasteiger partial charge in [0.25, 0.3) is 0 Å². The van der Waals surface area contributed by atoms with Crippen LogP contribution in [0.15, 0.2) is 67.3 Å². The fraction of sp³-hybridized carbons (Fsp3) is 0.200. The number of aromatic nitrogens is 6. The normalized spacial score (nSPS) is 15.4. The van der Waals surface area contributed by atoms with E-state index in [9.17, 15) is 4.79 Å². The summed E-state index contributed by atoms with van der Waals surface area (Å²) in [6.07, 6.45) is 6.32. The van der Waals surface area contributed by atoms with Crippen molar-refractivity contribution in [2.75, 3.05) is 5.32 Å². The summed E-state index contributed by atoms with van der Waals surface area (Å²) in [7, 11) is 0. The van der Waals surface area contributed by atoms with Gasteiger partial charge in [-0.1, -0.05) is 35.7 Å². The first-order valence-electron chi connectivity index (χ1n) is 13.1. The number of aryl methyl sites for hydroxylation is 1. The molecule has 0 saturated carbocycles. The highest BCUT2D eigenvalue weighted by Gasteiger charge is 2.24. The zero-order chi connectivity index (χ0) is 28.5. The van der Waals surface area contributed by atoms with Crippen LogP contribution < -0.4 is 5.32 Å². The number of carbonyl (C=O) groups excluding carboxylic acids is 1. The third-order valence-corrected chi connectivity index (χ3v) is 7.52. The van der Waals surface area contributed by atoms with Crippen molar-refractivity contribution in [1.82, 2.24) is 30.2 Å².